The molecule has 0 atom stereocenters. The van der Waals surface area contributed by atoms with Gasteiger partial charge in [-0.2, -0.15) is 0 Å². The van der Waals surface area contributed by atoms with E-state index in [9.17, 15) is 4.79 Å². The van der Waals surface area contributed by atoms with Crippen LogP contribution in [0.15, 0.2) is 65.2 Å². The maximum absolute atomic E-state index is 12.1. The molecule has 4 nitrogen and oxygen atoms in total. The van der Waals surface area contributed by atoms with E-state index in [4.69, 9.17) is 9.26 Å². The summed E-state index contributed by atoms with van der Waals surface area (Å²) in [5.41, 5.74) is 1.85. The molecule has 0 N–H and O–H groups in total. The summed E-state index contributed by atoms with van der Waals surface area (Å²) in [6.07, 6.45) is 0. The third kappa shape index (κ3) is 2.07. The Balaban J connectivity index is 2.15. The highest BCUT2D eigenvalue weighted by atomic mass is 16.5. The molecule has 0 fully saturated rings. The van der Waals surface area contributed by atoms with Crippen molar-refractivity contribution in [1.82, 2.24) is 5.16 Å². The third-order valence-corrected chi connectivity index (χ3v) is 3.92. The fourth-order valence-electron chi connectivity index (χ4n) is 2.85. The van der Waals surface area contributed by atoms with Crippen LogP contribution in [0.5, 0.6) is 0 Å². The largest absolute Gasteiger partial charge is 0.465 e. The van der Waals surface area contributed by atoms with E-state index in [1.165, 1.54) is 7.11 Å². The number of fused-ring (bicyclic) bond motifs is 3. The van der Waals surface area contributed by atoms with Gasteiger partial charge in [-0.1, -0.05) is 59.8 Å². The van der Waals surface area contributed by atoms with E-state index in [-0.39, 0.29) is 0 Å². The molecule has 0 aliphatic carbocycles. The van der Waals surface area contributed by atoms with Crippen LogP contribution in [0.25, 0.3) is 33.0 Å². The molecule has 1 heterocycles. The molecule has 4 heteroatoms. The van der Waals surface area contributed by atoms with Crippen LogP contribution in [0.3, 0.4) is 0 Å². The Morgan fingerprint density at radius 3 is 2.57 bits per heavy atom. The molecule has 0 amide bonds. The van der Waals surface area contributed by atoms with Gasteiger partial charge in [-0.05, 0) is 16.8 Å². The first-order chi connectivity index (χ1) is 11.3. The summed E-state index contributed by atoms with van der Waals surface area (Å²) in [5.74, 6) is 0.233. The van der Waals surface area contributed by atoms with E-state index < -0.39 is 5.97 Å². The average Bonchev–Trinajstić information content (AvgIpc) is 3.06. The predicted molar refractivity (Wildman–Crippen MR) is 88.3 cm³/mol. The van der Waals surface area contributed by atoms with E-state index in [0.717, 1.165) is 21.7 Å². The van der Waals surface area contributed by atoms with Crippen molar-refractivity contribution in [1.29, 1.82) is 0 Å². The lowest BCUT2D eigenvalue weighted by atomic mass is 9.98. The van der Waals surface area contributed by atoms with Gasteiger partial charge in [0.15, 0.2) is 5.76 Å². The van der Waals surface area contributed by atoms with Gasteiger partial charge in [0, 0.05) is 5.56 Å². The van der Waals surface area contributed by atoms with Gasteiger partial charge in [-0.3, -0.25) is 0 Å². The lowest BCUT2D eigenvalue weighted by Gasteiger charge is -2.05. The highest BCUT2D eigenvalue weighted by Crippen LogP contribution is 2.36. The Bertz CT molecular complexity index is 1020. The molecule has 3 aromatic carbocycles. The number of benzene rings is 3. The maximum atomic E-state index is 12.1. The zero-order valence-corrected chi connectivity index (χ0v) is 12.4. The Labute approximate surface area is 132 Å². The predicted octanol–water partition coefficient (Wildman–Crippen LogP) is 4.43. The second-order valence-electron chi connectivity index (χ2n) is 5.24. The van der Waals surface area contributed by atoms with Crippen molar-refractivity contribution in [2.45, 2.75) is 0 Å². The number of esters is 1. The molecule has 4 rings (SSSR count). The molecule has 23 heavy (non-hydrogen) atoms. The minimum Gasteiger partial charge on any atom is -0.465 e. The van der Waals surface area contributed by atoms with E-state index in [1.807, 2.05) is 54.6 Å². The summed E-state index contributed by atoms with van der Waals surface area (Å²) in [6, 6.07) is 19.4. The number of ether oxygens (including phenoxy) is 1. The summed E-state index contributed by atoms with van der Waals surface area (Å²) < 4.78 is 10.5. The van der Waals surface area contributed by atoms with Gasteiger partial charge in [0.25, 0.3) is 0 Å². The zero-order chi connectivity index (χ0) is 15.8. The van der Waals surface area contributed by atoms with Crippen LogP contribution in [-0.2, 0) is 4.74 Å². The van der Waals surface area contributed by atoms with E-state index >= 15 is 0 Å². The van der Waals surface area contributed by atoms with Gasteiger partial charge in [0.2, 0.25) is 0 Å². The smallest absolute Gasteiger partial charge is 0.340 e. The molecule has 4 aromatic rings. The van der Waals surface area contributed by atoms with Gasteiger partial charge >= 0.3 is 5.97 Å². The maximum Gasteiger partial charge on any atom is 0.340 e. The molecule has 0 saturated heterocycles. The van der Waals surface area contributed by atoms with Crippen LogP contribution < -0.4 is 0 Å². The Morgan fingerprint density at radius 1 is 1.04 bits per heavy atom. The SMILES string of the molecule is COC(=O)c1cc2ccccc2c2c(-c3ccccc3)onc12. The third-order valence-electron chi connectivity index (χ3n) is 3.92. The number of carbonyl (C=O) groups excluding carboxylic acids is 1. The fourth-order valence-corrected chi connectivity index (χ4v) is 2.85. The molecule has 0 saturated carbocycles. The normalized spacial score (nSPS) is 11.0. The molecule has 112 valence electrons. The summed E-state index contributed by atoms with van der Waals surface area (Å²) >= 11 is 0. The molecule has 1 aromatic heterocycles. The summed E-state index contributed by atoms with van der Waals surface area (Å²) in [6.45, 7) is 0. The first-order valence-electron chi connectivity index (χ1n) is 7.24. The minimum atomic E-state index is -0.423. The van der Waals surface area contributed by atoms with Gasteiger partial charge in [0.05, 0.1) is 18.1 Å². The molecule has 0 aliphatic heterocycles. The highest BCUT2D eigenvalue weighted by Gasteiger charge is 2.21. The van der Waals surface area contributed by atoms with E-state index in [1.54, 1.807) is 6.07 Å². The molecule has 0 unspecified atom stereocenters. The monoisotopic (exact) mass is 303 g/mol. The first kappa shape index (κ1) is 13.5. The Hall–Kier alpha value is -3.14. The van der Waals surface area contributed by atoms with Crippen molar-refractivity contribution in [2.75, 3.05) is 7.11 Å². The number of nitrogens with zero attached hydrogens (tertiary/aromatic N) is 1. The van der Waals surface area contributed by atoms with Crippen molar-refractivity contribution in [3.05, 3.63) is 66.2 Å². The van der Waals surface area contributed by atoms with Crippen LogP contribution in [-0.4, -0.2) is 18.2 Å². The number of methoxy groups -OCH3 is 1. The topological polar surface area (TPSA) is 52.3 Å². The van der Waals surface area contributed by atoms with Gasteiger partial charge in [-0.15, -0.1) is 0 Å². The fraction of sp³-hybridized carbons (Fsp3) is 0.0526. The van der Waals surface area contributed by atoms with Crippen LogP contribution in [0, 0.1) is 0 Å². The number of rotatable bonds is 2. The van der Waals surface area contributed by atoms with Crippen molar-refractivity contribution in [2.24, 2.45) is 0 Å². The zero-order valence-electron chi connectivity index (χ0n) is 12.4. The number of hydrogen-bond acceptors (Lipinski definition) is 4. The Kier molecular flexibility index (Phi) is 3.08. The number of aromatic nitrogens is 1. The molecule has 0 bridgehead atoms. The second kappa shape index (κ2) is 5.25. The van der Waals surface area contributed by atoms with Crippen molar-refractivity contribution >= 4 is 27.6 Å². The van der Waals surface area contributed by atoms with Crippen LogP contribution >= 0.6 is 0 Å². The number of carbonyl (C=O) groups is 1. The standard InChI is InChI=1S/C19H13NO3/c1-22-19(21)15-11-13-9-5-6-10-14(13)16-17(15)20-23-18(16)12-7-3-2-4-8-12/h2-11H,1H3. The van der Waals surface area contributed by atoms with E-state index in [2.05, 4.69) is 5.16 Å². The van der Waals surface area contributed by atoms with Crippen molar-refractivity contribution < 1.29 is 14.1 Å². The van der Waals surface area contributed by atoms with Gasteiger partial charge in [0.1, 0.15) is 5.52 Å². The van der Waals surface area contributed by atoms with Crippen molar-refractivity contribution in [3.63, 3.8) is 0 Å². The molecule has 0 aliphatic rings. The summed E-state index contributed by atoms with van der Waals surface area (Å²) in [7, 11) is 1.36. The minimum absolute atomic E-state index is 0.409. The van der Waals surface area contributed by atoms with E-state index in [0.29, 0.717) is 16.8 Å². The highest BCUT2D eigenvalue weighted by molar-refractivity contribution is 6.18. The average molecular weight is 303 g/mol. The lowest BCUT2D eigenvalue weighted by molar-refractivity contribution is 0.0602. The van der Waals surface area contributed by atoms with Gasteiger partial charge < -0.3 is 9.26 Å². The Morgan fingerprint density at radius 2 is 1.78 bits per heavy atom. The van der Waals surface area contributed by atoms with Gasteiger partial charge in [-0.25, -0.2) is 4.79 Å². The summed E-state index contributed by atoms with van der Waals surface area (Å²) in [4.78, 5) is 12.1. The van der Waals surface area contributed by atoms with Crippen LogP contribution in [0.2, 0.25) is 0 Å². The molecular weight excluding hydrogens is 290 g/mol. The molecular formula is C19H13NO3. The number of hydrogen-bond donors (Lipinski definition) is 0. The van der Waals surface area contributed by atoms with Crippen molar-refractivity contribution in [3.8, 4) is 11.3 Å². The first-order valence-corrected chi connectivity index (χ1v) is 7.24. The van der Waals surface area contributed by atoms with Crippen LogP contribution in [0.1, 0.15) is 10.4 Å². The lowest BCUT2D eigenvalue weighted by Crippen LogP contribution is -2.02. The second-order valence-corrected chi connectivity index (χ2v) is 5.24. The molecule has 0 spiro atoms. The summed E-state index contributed by atoms with van der Waals surface area (Å²) in [5, 5.41) is 6.91. The van der Waals surface area contributed by atoms with Crippen LogP contribution in [0.4, 0.5) is 0 Å². The quantitative estimate of drug-likeness (QED) is 0.514. The molecule has 0 radical (unpaired) electrons.